The van der Waals surface area contributed by atoms with Crippen molar-refractivity contribution >= 4 is 0 Å². The van der Waals surface area contributed by atoms with Crippen LogP contribution >= 0.6 is 0 Å². The van der Waals surface area contributed by atoms with Crippen molar-refractivity contribution in [3.8, 4) is 0 Å². The second-order valence-corrected chi connectivity index (χ2v) is 10.2. The molecule has 0 heterocycles. The lowest BCUT2D eigenvalue weighted by Gasteiger charge is -2.62. The third-order valence-electron chi connectivity index (χ3n) is 9.21. The van der Waals surface area contributed by atoms with Gasteiger partial charge in [0.15, 0.2) is 0 Å². The van der Waals surface area contributed by atoms with Gasteiger partial charge in [-0.1, -0.05) is 39.8 Å². The van der Waals surface area contributed by atoms with E-state index in [4.69, 9.17) is 0 Å². The minimum absolute atomic E-state index is 0.127. The fraction of sp³-hybridized carbons (Fsp3) is 0.909. The third kappa shape index (κ3) is 2.01. The summed E-state index contributed by atoms with van der Waals surface area (Å²) in [7, 11) is 0. The van der Waals surface area contributed by atoms with Crippen molar-refractivity contribution in [3.63, 3.8) is 0 Å². The van der Waals surface area contributed by atoms with Gasteiger partial charge >= 0.3 is 0 Å². The van der Waals surface area contributed by atoms with Crippen LogP contribution in [0, 0.1) is 40.4 Å². The summed E-state index contributed by atoms with van der Waals surface area (Å²) >= 11 is 0. The molecule has 7 atom stereocenters. The van der Waals surface area contributed by atoms with Crippen LogP contribution in [-0.4, -0.2) is 10.7 Å². The first-order valence-electron chi connectivity index (χ1n) is 10.2. The number of hydrogen-bond acceptors (Lipinski definition) is 1. The van der Waals surface area contributed by atoms with Crippen LogP contribution in [0.3, 0.4) is 0 Å². The average molecular weight is 317 g/mol. The van der Waals surface area contributed by atoms with Crippen molar-refractivity contribution in [3.05, 3.63) is 12.2 Å². The van der Waals surface area contributed by atoms with Crippen molar-refractivity contribution in [2.45, 2.75) is 84.7 Å². The van der Waals surface area contributed by atoms with Gasteiger partial charge in [-0.3, -0.25) is 0 Å². The van der Waals surface area contributed by atoms with Crippen molar-refractivity contribution in [2.75, 3.05) is 0 Å². The minimum atomic E-state index is -0.518. The second kappa shape index (κ2) is 5.10. The summed E-state index contributed by atoms with van der Waals surface area (Å²) in [5, 5.41) is 11.3. The molecule has 3 fully saturated rings. The Hall–Kier alpha value is -0.300. The van der Waals surface area contributed by atoms with E-state index in [0.29, 0.717) is 5.41 Å². The summed E-state index contributed by atoms with van der Waals surface area (Å²) in [5.41, 5.74) is 0.184. The van der Waals surface area contributed by atoms with Crippen molar-refractivity contribution in [1.82, 2.24) is 0 Å². The molecule has 4 rings (SSSR count). The zero-order valence-corrected chi connectivity index (χ0v) is 15.6. The lowest BCUT2D eigenvalue weighted by Crippen LogP contribution is -2.60. The van der Waals surface area contributed by atoms with E-state index < -0.39 is 5.60 Å². The summed E-state index contributed by atoms with van der Waals surface area (Å²) in [4.78, 5) is 0. The van der Waals surface area contributed by atoms with E-state index in [1.165, 1.54) is 44.9 Å². The van der Waals surface area contributed by atoms with Gasteiger partial charge in [-0.05, 0) is 86.4 Å². The molecule has 0 aromatic carbocycles. The lowest BCUT2D eigenvalue weighted by molar-refractivity contribution is -0.170. The molecule has 3 saturated carbocycles. The predicted octanol–water partition coefficient (Wildman–Crippen LogP) is 5.58. The van der Waals surface area contributed by atoms with Gasteiger partial charge in [0.05, 0.1) is 5.60 Å². The van der Waals surface area contributed by atoms with Crippen LogP contribution in [0.2, 0.25) is 0 Å². The molecular formula is C22H36O. The first kappa shape index (κ1) is 16.2. The summed E-state index contributed by atoms with van der Waals surface area (Å²) in [6.07, 6.45) is 14.7. The van der Waals surface area contributed by atoms with E-state index in [1.54, 1.807) is 0 Å². The van der Waals surface area contributed by atoms with Crippen molar-refractivity contribution in [2.24, 2.45) is 40.4 Å². The molecule has 4 aliphatic carbocycles. The zero-order chi connectivity index (χ0) is 16.5. The molecule has 0 aromatic heterocycles. The maximum Gasteiger partial charge on any atom is 0.0883 e. The van der Waals surface area contributed by atoms with Gasteiger partial charge in [-0.25, -0.2) is 0 Å². The highest BCUT2D eigenvalue weighted by molar-refractivity contribution is 5.21. The quantitative estimate of drug-likeness (QED) is 0.626. The Labute approximate surface area is 142 Å². The molecule has 0 aliphatic heterocycles. The molecule has 1 N–H and O–H groups in total. The summed E-state index contributed by atoms with van der Waals surface area (Å²) in [6, 6.07) is 0. The van der Waals surface area contributed by atoms with E-state index in [-0.39, 0.29) is 5.41 Å². The summed E-state index contributed by atoms with van der Waals surface area (Å²) < 4.78 is 0. The largest absolute Gasteiger partial charge is 0.385 e. The van der Waals surface area contributed by atoms with E-state index in [0.717, 1.165) is 36.0 Å². The Morgan fingerprint density at radius 3 is 2.48 bits per heavy atom. The molecule has 0 saturated heterocycles. The maximum atomic E-state index is 11.3. The number of rotatable bonds is 1. The third-order valence-corrected chi connectivity index (χ3v) is 9.21. The summed E-state index contributed by atoms with van der Waals surface area (Å²) in [6.45, 7) is 9.93. The fourth-order valence-electron chi connectivity index (χ4n) is 7.95. The van der Waals surface area contributed by atoms with Crippen molar-refractivity contribution < 1.29 is 5.11 Å². The Morgan fingerprint density at radius 1 is 0.957 bits per heavy atom. The van der Waals surface area contributed by atoms with E-state index in [2.05, 4.69) is 39.8 Å². The van der Waals surface area contributed by atoms with Crippen LogP contribution in [0.25, 0.3) is 0 Å². The van der Waals surface area contributed by atoms with Gasteiger partial charge < -0.3 is 5.11 Å². The molecule has 1 unspecified atom stereocenters. The van der Waals surface area contributed by atoms with E-state index in [9.17, 15) is 5.11 Å². The van der Waals surface area contributed by atoms with E-state index in [1.807, 2.05) is 0 Å². The van der Waals surface area contributed by atoms with Crippen LogP contribution in [0.4, 0.5) is 0 Å². The monoisotopic (exact) mass is 316 g/mol. The topological polar surface area (TPSA) is 20.2 Å². The fourth-order valence-corrected chi connectivity index (χ4v) is 7.95. The van der Waals surface area contributed by atoms with Crippen LogP contribution in [-0.2, 0) is 0 Å². The Morgan fingerprint density at radius 2 is 1.74 bits per heavy atom. The number of allylic oxidation sites excluding steroid dienone is 1. The molecule has 23 heavy (non-hydrogen) atoms. The molecule has 0 amide bonds. The zero-order valence-electron chi connectivity index (χ0n) is 15.6. The van der Waals surface area contributed by atoms with E-state index >= 15 is 0 Å². The molecule has 1 heteroatoms. The van der Waals surface area contributed by atoms with Crippen LogP contribution in [0.1, 0.15) is 79.1 Å². The van der Waals surface area contributed by atoms with Gasteiger partial charge in [0.25, 0.3) is 0 Å². The first-order valence-corrected chi connectivity index (χ1v) is 10.2. The lowest BCUT2D eigenvalue weighted by atomic mass is 9.44. The molecule has 130 valence electrons. The average Bonchev–Trinajstić information content (AvgIpc) is 2.85. The molecule has 0 radical (unpaired) electrons. The highest BCUT2D eigenvalue weighted by Crippen LogP contribution is 2.68. The molecule has 0 spiro atoms. The van der Waals surface area contributed by atoms with Crippen LogP contribution in [0.5, 0.6) is 0 Å². The van der Waals surface area contributed by atoms with Crippen molar-refractivity contribution in [1.29, 1.82) is 0 Å². The van der Waals surface area contributed by atoms with Gasteiger partial charge in [-0.15, -0.1) is 0 Å². The van der Waals surface area contributed by atoms with Gasteiger partial charge in [0, 0.05) is 5.41 Å². The molecule has 0 aromatic rings. The van der Waals surface area contributed by atoms with Crippen LogP contribution < -0.4 is 0 Å². The maximum absolute atomic E-state index is 11.3. The number of aliphatic hydroxyl groups is 1. The second-order valence-electron chi connectivity index (χ2n) is 10.2. The standard InChI is InChI=1S/C22H36O/c1-15(2)17-7-8-18-16-9-14-22(23)12-6-5-11-21(22,4)19(16)10-13-20(17,18)3/h6,12,15-19,23H,5,7-11,13-14H2,1-4H3/t16-,17+,18-,19-,20+,21+,22?/m0/s1. The molecule has 4 aliphatic rings. The predicted molar refractivity (Wildman–Crippen MR) is 96.0 cm³/mol. The minimum Gasteiger partial charge on any atom is -0.385 e. The summed E-state index contributed by atoms with van der Waals surface area (Å²) in [5.74, 6) is 4.29. The molecular weight excluding hydrogens is 280 g/mol. The highest BCUT2D eigenvalue weighted by atomic mass is 16.3. The van der Waals surface area contributed by atoms with Gasteiger partial charge in [0.2, 0.25) is 0 Å². The SMILES string of the molecule is CC(C)[C@H]1CC[C@H]2[C@@H]3CCC4(O)C=CCC[C@]4(C)[C@H]3CC[C@]12C. The Kier molecular flexibility index (Phi) is 3.59. The van der Waals surface area contributed by atoms with Crippen LogP contribution in [0.15, 0.2) is 12.2 Å². The highest BCUT2D eigenvalue weighted by Gasteiger charge is 2.63. The molecule has 0 bridgehead atoms. The Balaban J connectivity index is 1.67. The number of fused-ring (bicyclic) bond motifs is 5. The van der Waals surface area contributed by atoms with Gasteiger partial charge in [-0.2, -0.15) is 0 Å². The Bertz CT molecular complexity index is 508. The molecule has 1 nitrogen and oxygen atoms in total. The smallest absolute Gasteiger partial charge is 0.0883 e. The first-order chi connectivity index (χ1) is 10.8. The van der Waals surface area contributed by atoms with Gasteiger partial charge in [0.1, 0.15) is 0 Å². The normalized spacial score (nSPS) is 55.4. The number of hydrogen-bond donors (Lipinski definition) is 1.